The van der Waals surface area contributed by atoms with Crippen molar-refractivity contribution in [1.29, 1.82) is 0 Å². The SMILES string of the molecule is COc1ccc(C)cc1-n1c(SCc2cccc(C(F)(F)F)c2)nc2c([nH]c3ccccc32)c1=O. The fraction of sp³-hybridized carbons (Fsp3) is 0.154. The summed E-state index contributed by atoms with van der Waals surface area (Å²) in [6, 6.07) is 18.1. The number of hydrogen-bond acceptors (Lipinski definition) is 4. The third-order valence-corrected chi connectivity index (χ3v) is 6.70. The van der Waals surface area contributed by atoms with Gasteiger partial charge in [0, 0.05) is 16.7 Å². The van der Waals surface area contributed by atoms with Gasteiger partial charge in [0.05, 0.1) is 18.4 Å². The van der Waals surface area contributed by atoms with Crippen LogP contribution in [0.4, 0.5) is 13.2 Å². The molecule has 0 saturated carbocycles. The highest BCUT2D eigenvalue weighted by molar-refractivity contribution is 7.98. The highest BCUT2D eigenvalue weighted by Crippen LogP contribution is 2.33. The Bertz CT molecular complexity index is 1620. The molecule has 0 saturated heterocycles. The first-order valence-electron chi connectivity index (χ1n) is 10.7. The summed E-state index contributed by atoms with van der Waals surface area (Å²) >= 11 is 1.20. The van der Waals surface area contributed by atoms with Crippen molar-refractivity contribution >= 4 is 33.7 Å². The lowest BCUT2D eigenvalue weighted by molar-refractivity contribution is -0.137. The molecule has 0 bridgehead atoms. The maximum absolute atomic E-state index is 13.8. The minimum absolute atomic E-state index is 0.193. The molecule has 0 spiro atoms. The normalized spacial score (nSPS) is 11.9. The van der Waals surface area contributed by atoms with Crippen molar-refractivity contribution in [1.82, 2.24) is 14.5 Å². The molecule has 0 unspecified atom stereocenters. The molecule has 0 aliphatic carbocycles. The lowest BCUT2D eigenvalue weighted by atomic mass is 10.1. The van der Waals surface area contributed by atoms with Crippen LogP contribution >= 0.6 is 11.8 Å². The second-order valence-electron chi connectivity index (χ2n) is 8.09. The quantitative estimate of drug-likeness (QED) is 0.224. The zero-order chi connectivity index (χ0) is 24.7. The van der Waals surface area contributed by atoms with Gasteiger partial charge in [0.1, 0.15) is 16.8 Å². The van der Waals surface area contributed by atoms with Crippen molar-refractivity contribution in [3.63, 3.8) is 0 Å². The number of hydrogen-bond donors (Lipinski definition) is 1. The van der Waals surface area contributed by atoms with E-state index in [9.17, 15) is 18.0 Å². The van der Waals surface area contributed by atoms with Crippen molar-refractivity contribution in [2.45, 2.75) is 24.0 Å². The minimum atomic E-state index is -4.43. The van der Waals surface area contributed by atoms with Crippen LogP contribution < -0.4 is 10.3 Å². The summed E-state index contributed by atoms with van der Waals surface area (Å²) in [4.78, 5) is 21.7. The Balaban J connectivity index is 1.70. The van der Waals surface area contributed by atoms with Crippen LogP contribution in [0.5, 0.6) is 5.75 Å². The third kappa shape index (κ3) is 4.27. The van der Waals surface area contributed by atoms with E-state index in [1.807, 2.05) is 43.3 Å². The average Bonchev–Trinajstić information content (AvgIpc) is 3.21. The fourth-order valence-electron chi connectivity index (χ4n) is 4.01. The molecule has 5 nitrogen and oxygen atoms in total. The zero-order valence-electron chi connectivity index (χ0n) is 18.8. The largest absolute Gasteiger partial charge is 0.495 e. The van der Waals surface area contributed by atoms with E-state index in [-0.39, 0.29) is 11.3 Å². The molecule has 3 aromatic carbocycles. The molecule has 0 fully saturated rings. The van der Waals surface area contributed by atoms with Gasteiger partial charge in [-0.15, -0.1) is 0 Å². The van der Waals surface area contributed by atoms with Gasteiger partial charge in [0.15, 0.2) is 5.16 Å². The van der Waals surface area contributed by atoms with Crippen LogP contribution in [0, 0.1) is 6.92 Å². The molecule has 178 valence electrons. The van der Waals surface area contributed by atoms with Crippen molar-refractivity contribution in [3.05, 3.63) is 93.8 Å². The lowest BCUT2D eigenvalue weighted by Gasteiger charge is -2.16. The Morgan fingerprint density at radius 3 is 2.63 bits per heavy atom. The molecule has 2 aromatic heterocycles. The first-order chi connectivity index (χ1) is 16.8. The number of ether oxygens (including phenoxy) is 1. The number of halogens is 3. The minimum Gasteiger partial charge on any atom is -0.495 e. The molecule has 0 aliphatic heterocycles. The topological polar surface area (TPSA) is 59.9 Å². The molecule has 5 aromatic rings. The van der Waals surface area contributed by atoms with Crippen LogP contribution in [-0.2, 0) is 11.9 Å². The lowest BCUT2D eigenvalue weighted by Crippen LogP contribution is -2.22. The first-order valence-corrected chi connectivity index (χ1v) is 11.7. The summed E-state index contributed by atoms with van der Waals surface area (Å²) in [5, 5.41) is 1.15. The van der Waals surface area contributed by atoms with E-state index in [1.165, 1.54) is 29.5 Å². The molecule has 0 amide bonds. The van der Waals surface area contributed by atoms with Gasteiger partial charge in [0.2, 0.25) is 0 Å². The number of aromatic amines is 1. The smallest absolute Gasteiger partial charge is 0.416 e. The molecule has 0 radical (unpaired) electrons. The van der Waals surface area contributed by atoms with Crippen LogP contribution in [0.2, 0.25) is 0 Å². The van der Waals surface area contributed by atoms with Gasteiger partial charge in [-0.05, 0) is 42.3 Å². The van der Waals surface area contributed by atoms with Crippen LogP contribution in [0.1, 0.15) is 16.7 Å². The van der Waals surface area contributed by atoms with Crippen molar-refractivity contribution in [2.75, 3.05) is 7.11 Å². The number of nitrogens with one attached hydrogen (secondary N) is 1. The Kier molecular flexibility index (Phi) is 5.80. The summed E-state index contributed by atoms with van der Waals surface area (Å²) in [5.74, 6) is 0.675. The van der Waals surface area contributed by atoms with E-state index in [4.69, 9.17) is 9.72 Å². The number of fused-ring (bicyclic) bond motifs is 3. The van der Waals surface area contributed by atoms with E-state index in [0.29, 0.717) is 33.2 Å². The maximum atomic E-state index is 13.8. The van der Waals surface area contributed by atoms with Crippen LogP contribution in [0.25, 0.3) is 27.6 Å². The van der Waals surface area contributed by atoms with E-state index in [1.54, 1.807) is 12.1 Å². The molecule has 2 heterocycles. The average molecular weight is 496 g/mol. The fourth-order valence-corrected chi connectivity index (χ4v) is 4.95. The van der Waals surface area contributed by atoms with Crippen molar-refractivity contribution in [3.8, 4) is 11.4 Å². The number of alkyl halides is 3. The number of para-hydroxylation sites is 1. The van der Waals surface area contributed by atoms with Crippen LogP contribution in [-0.4, -0.2) is 21.6 Å². The molecular formula is C26H20F3N3O2S. The van der Waals surface area contributed by atoms with E-state index >= 15 is 0 Å². The van der Waals surface area contributed by atoms with Crippen molar-refractivity contribution < 1.29 is 17.9 Å². The summed E-state index contributed by atoms with van der Waals surface area (Å²) in [7, 11) is 1.52. The zero-order valence-corrected chi connectivity index (χ0v) is 19.6. The Morgan fingerprint density at radius 1 is 1.06 bits per heavy atom. The Labute approximate surface area is 202 Å². The van der Waals surface area contributed by atoms with Crippen LogP contribution in [0.3, 0.4) is 0 Å². The number of rotatable bonds is 5. The van der Waals surface area contributed by atoms with E-state index in [0.717, 1.165) is 28.6 Å². The van der Waals surface area contributed by atoms with Gasteiger partial charge in [-0.25, -0.2) is 9.55 Å². The highest BCUT2D eigenvalue weighted by atomic mass is 32.2. The second kappa shape index (κ2) is 8.81. The maximum Gasteiger partial charge on any atom is 0.416 e. The van der Waals surface area contributed by atoms with E-state index < -0.39 is 11.7 Å². The van der Waals surface area contributed by atoms with Gasteiger partial charge >= 0.3 is 6.18 Å². The van der Waals surface area contributed by atoms with Gasteiger partial charge < -0.3 is 9.72 Å². The van der Waals surface area contributed by atoms with Crippen LogP contribution in [0.15, 0.2) is 76.7 Å². The van der Waals surface area contributed by atoms with Gasteiger partial charge in [-0.3, -0.25) is 4.79 Å². The molecule has 0 atom stereocenters. The van der Waals surface area contributed by atoms with Gasteiger partial charge in [-0.2, -0.15) is 13.2 Å². The summed E-state index contributed by atoms with van der Waals surface area (Å²) in [6.07, 6.45) is -4.43. The van der Waals surface area contributed by atoms with E-state index in [2.05, 4.69) is 4.98 Å². The number of thioether (sulfide) groups is 1. The summed E-state index contributed by atoms with van der Waals surface area (Å²) < 4.78 is 46.6. The molecule has 1 N–H and O–H groups in total. The number of benzene rings is 3. The molecule has 5 rings (SSSR count). The molecule has 0 aliphatic rings. The van der Waals surface area contributed by atoms with Crippen molar-refractivity contribution in [2.24, 2.45) is 0 Å². The third-order valence-electron chi connectivity index (χ3n) is 5.69. The predicted molar refractivity (Wildman–Crippen MR) is 131 cm³/mol. The first kappa shape index (κ1) is 23.0. The predicted octanol–water partition coefficient (Wildman–Crippen LogP) is 6.50. The number of H-pyrrole nitrogens is 1. The second-order valence-corrected chi connectivity index (χ2v) is 9.03. The standard InChI is InChI=1S/C26H20F3N3O2S/c1-15-10-11-21(34-2)20(12-15)32-24(33)23-22(18-8-3-4-9-19(18)30-23)31-25(32)35-14-16-6-5-7-17(13-16)26(27,28)29/h3-13,30H,14H2,1-2H3. The van der Waals surface area contributed by atoms with Gasteiger partial charge in [-0.1, -0.05) is 54.2 Å². The Morgan fingerprint density at radius 2 is 1.86 bits per heavy atom. The molecular weight excluding hydrogens is 475 g/mol. The summed E-state index contributed by atoms with van der Waals surface area (Å²) in [6.45, 7) is 1.90. The summed E-state index contributed by atoms with van der Waals surface area (Å²) in [5.41, 5.74) is 2.50. The molecule has 35 heavy (non-hydrogen) atoms. The monoisotopic (exact) mass is 495 g/mol. The Hall–Kier alpha value is -3.72. The molecule has 9 heteroatoms. The van der Waals surface area contributed by atoms with Gasteiger partial charge in [0.25, 0.3) is 5.56 Å². The number of nitrogens with zero attached hydrogens (tertiary/aromatic N) is 2. The number of aromatic nitrogens is 3. The number of methoxy groups -OCH3 is 1. The highest BCUT2D eigenvalue weighted by Gasteiger charge is 2.30. The number of aryl methyl sites for hydroxylation is 1.